The van der Waals surface area contributed by atoms with Crippen LogP contribution in [0.4, 0.5) is 5.69 Å². The molecule has 0 aliphatic rings. The van der Waals surface area contributed by atoms with Gasteiger partial charge >= 0.3 is 11.9 Å². The van der Waals surface area contributed by atoms with Gasteiger partial charge in [-0.15, -0.1) is 0 Å². The molecule has 0 aliphatic heterocycles. The minimum Gasteiger partial charge on any atom is -0.481 e. The molecule has 20 heavy (non-hydrogen) atoms. The number of non-ortho nitro benzene ring substituents is 1. The van der Waals surface area contributed by atoms with Crippen molar-refractivity contribution in [2.24, 2.45) is 0 Å². The van der Waals surface area contributed by atoms with E-state index in [2.05, 4.69) is 0 Å². The van der Waals surface area contributed by atoms with E-state index in [0.717, 1.165) is 0 Å². The lowest BCUT2D eigenvalue weighted by Crippen LogP contribution is -2.23. The molecule has 0 bridgehead atoms. The first-order valence-corrected chi connectivity index (χ1v) is 5.70. The summed E-state index contributed by atoms with van der Waals surface area (Å²) in [6.07, 6.45) is -2.06. The molecule has 0 heterocycles. The average Bonchev–Trinajstić information content (AvgIpc) is 2.42. The molecule has 0 spiro atoms. The molecule has 1 atom stereocenters. The fourth-order valence-electron chi connectivity index (χ4n) is 1.34. The number of rotatable bonds is 7. The van der Waals surface area contributed by atoms with Crippen molar-refractivity contribution in [2.75, 3.05) is 0 Å². The van der Waals surface area contributed by atoms with Gasteiger partial charge in [0.2, 0.25) is 0 Å². The van der Waals surface area contributed by atoms with Gasteiger partial charge in [0.25, 0.3) is 5.69 Å². The van der Waals surface area contributed by atoms with Gasteiger partial charge in [-0.1, -0.05) is 0 Å². The summed E-state index contributed by atoms with van der Waals surface area (Å²) in [6.45, 7) is -0.152. The van der Waals surface area contributed by atoms with Crippen molar-refractivity contribution in [3.63, 3.8) is 0 Å². The van der Waals surface area contributed by atoms with Gasteiger partial charge in [0.1, 0.15) is 6.61 Å². The molecule has 0 saturated carbocycles. The monoisotopic (exact) mass is 283 g/mol. The largest absolute Gasteiger partial charge is 0.481 e. The van der Waals surface area contributed by atoms with E-state index in [-0.39, 0.29) is 25.1 Å². The first-order valence-electron chi connectivity index (χ1n) is 5.70. The highest BCUT2D eigenvalue weighted by Crippen LogP contribution is 2.13. The van der Waals surface area contributed by atoms with E-state index >= 15 is 0 Å². The van der Waals surface area contributed by atoms with E-state index in [4.69, 9.17) is 9.84 Å². The van der Waals surface area contributed by atoms with Gasteiger partial charge in [-0.25, -0.2) is 4.79 Å². The molecule has 0 radical (unpaired) electrons. The number of nitrogens with zero attached hydrogens (tertiary/aromatic N) is 1. The maximum atomic E-state index is 11.3. The lowest BCUT2D eigenvalue weighted by atomic mass is 10.2. The van der Waals surface area contributed by atoms with E-state index in [1.165, 1.54) is 24.3 Å². The topological polar surface area (TPSA) is 127 Å². The predicted molar refractivity (Wildman–Crippen MR) is 65.8 cm³/mol. The average molecular weight is 283 g/mol. The number of ether oxygens (including phenoxy) is 1. The number of aliphatic carboxylic acids is 1. The first-order chi connectivity index (χ1) is 9.40. The third-order valence-electron chi connectivity index (χ3n) is 2.43. The van der Waals surface area contributed by atoms with Crippen molar-refractivity contribution in [2.45, 2.75) is 25.6 Å². The lowest BCUT2D eigenvalue weighted by Gasteiger charge is -2.09. The Kier molecular flexibility index (Phi) is 5.60. The Labute approximate surface area is 113 Å². The third kappa shape index (κ3) is 5.02. The molecule has 2 N–H and O–H groups in total. The second-order valence-corrected chi connectivity index (χ2v) is 3.98. The Morgan fingerprint density at radius 2 is 1.90 bits per heavy atom. The highest BCUT2D eigenvalue weighted by Gasteiger charge is 2.18. The van der Waals surface area contributed by atoms with Crippen LogP contribution in [0.15, 0.2) is 24.3 Å². The van der Waals surface area contributed by atoms with Crippen LogP contribution in [0.3, 0.4) is 0 Å². The molecule has 0 aliphatic carbocycles. The highest BCUT2D eigenvalue weighted by molar-refractivity contribution is 5.75. The summed E-state index contributed by atoms with van der Waals surface area (Å²) in [7, 11) is 0. The summed E-state index contributed by atoms with van der Waals surface area (Å²) >= 11 is 0. The number of esters is 1. The van der Waals surface area contributed by atoms with Gasteiger partial charge in [0.15, 0.2) is 6.10 Å². The number of nitro benzene ring substituents is 1. The quantitative estimate of drug-likeness (QED) is 0.431. The normalized spacial score (nSPS) is 11.7. The van der Waals surface area contributed by atoms with Crippen molar-refractivity contribution < 1.29 is 29.5 Å². The van der Waals surface area contributed by atoms with Crippen molar-refractivity contribution in [1.82, 2.24) is 0 Å². The van der Waals surface area contributed by atoms with Gasteiger partial charge < -0.3 is 14.9 Å². The van der Waals surface area contributed by atoms with Crippen molar-refractivity contribution in [3.05, 3.63) is 39.9 Å². The Morgan fingerprint density at radius 3 is 2.40 bits per heavy atom. The maximum Gasteiger partial charge on any atom is 0.335 e. The predicted octanol–water partition coefficient (Wildman–Crippen LogP) is 0.864. The maximum absolute atomic E-state index is 11.3. The first kappa shape index (κ1) is 15.6. The van der Waals surface area contributed by atoms with Gasteiger partial charge in [0, 0.05) is 18.6 Å². The number of carbonyl (C=O) groups excluding carboxylic acids is 1. The molecular weight excluding hydrogens is 270 g/mol. The Hall–Kier alpha value is -2.48. The second-order valence-electron chi connectivity index (χ2n) is 3.98. The molecule has 108 valence electrons. The van der Waals surface area contributed by atoms with E-state index in [9.17, 15) is 24.8 Å². The van der Waals surface area contributed by atoms with Crippen LogP contribution in [0.5, 0.6) is 0 Å². The summed E-state index contributed by atoms with van der Waals surface area (Å²) in [5.41, 5.74) is 0.441. The van der Waals surface area contributed by atoms with Crippen LogP contribution in [0, 0.1) is 10.1 Å². The van der Waals surface area contributed by atoms with Crippen molar-refractivity contribution in [3.8, 4) is 0 Å². The van der Waals surface area contributed by atoms with Crippen LogP contribution < -0.4 is 0 Å². The number of carbonyl (C=O) groups is 2. The molecule has 1 aromatic carbocycles. The fraction of sp³-hybridized carbons (Fsp3) is 0.333. The third-order valence-corrected chi connectivity index (χ3v) is 2.43. The SMILES string of the molecule is O=C(O)CCC(O)C(=O)OCc1ccc([N+](=O)[O-])cc1. The number of aliphatic hydroxyl groups is 1. The minimum absolute atomic E-state index is 0.0819. The Bertz CT molecular complexity index is 497. The van der Waals surface area contributed by atoms with E-state index in [0.29, 0.717) is 5.56 Å². The van der Waals surface area contributed by atoms with E-state index in [1.807, 2.05) is 0 Å². The van der Waals surface area contributed by atoms with Crippen LogP contribution in [-0.2, 0) is 20.9 Å². The number of benzene rings is 1. The molecule has 1 unspecified atom stereocenters. The lowest BCUT2D eigenvalue weighted by molar-refractivity contribution is -0.384. The number of carboxylic acid groups (broad SMARTS) is 1. The molecule has 0 aromatic heterocycles. The summed E-state index contributed by atoms with van der Waals surface area (Å²) in [5, 5.41) is 28.2. The van der Waals surface area contributed by atoms with Crippen LogP contribution in [-0.4, -0.2) is 33.2 Å². The van der Waals surface area contributed by atoms with Crippen molar-refractivity contribution >= 4 is 17.6 Å². The van der Waals surface area contributed by atoms with Gasteiger partial charge in [0.05, 0.1) is 4.92 Å². The molecule has 1 rings (SSSR count). The second kappa shape index (κ2) is 7.19. The molecule has 8 heteroatoms. The highest BCUT2D eigenvalue weighted by atomic mass is 16.6. The van der Waals surface area contributed by atoms with E-state index < -0.39 is 23.0 Å². The standard InChI is InChI=1S/C12H13NO7/c14-10(5-6-11(15)16)12(17)20-7-8-1-3-9(4-2-8)13(18)19/h1-4,10,14H,5-7H2,(H,15,16). The fourth-order valence-corrected chi connectivity index (χ4v) is 1.34. The number of hydrogen-bond acceptors (Lipinski definition) is 6. The summed E-state index contributed by atoms with van der Waals surface area (Å²) in [6, 6.07) is 5.39. The number of aliphatic hydroxyl groups excluding tert-OH is 1. The van der Waals surface area contributed by atoms with Crippen LogP contribution >= 0.6 is 0 Å². The zero-order valence-corrected chi connectivity index (χ0v) is 10.4. The van der Waals surface area contributed by atoms with Crippen LogP contribution in [0.25, 0.3) is 0 Å². The molecule has 0 amide bonds. The zero-order chi connectivity index (χ0) is 15.1. The molecule has 8 nitrogen and oxygen atoms in total. The van der Waals surface area contributed by atoms with Crippen LogP contribution in [0.2, 0.25) is 0 Å². The van der Waals surface area contributed by atoms with Gasteiger partial charge in [-0.05, 0) is 24.1 Å². The Balaban J connectivity index is 2.44. The zero-order valence-electron chi connectivity index (χ0n) is 10.4. The molecular formula is C12H13NO7. The summed E-state index contributed by atoms with van der Waals surface area (Å²) in [4.78, 5) is 31.5. The van der Waals surface area contributed by atoms with Crippen LogP contribution in [0.1, 0.15) is 18.4 Å². The summed E-state index contributed by atoms with van der Waals surface area (Å²) < 4.78 is 4.77. The van der Waals surface area contributed by atoms with Gasteiger partial charge in [-0.2, -0.15) is 0 Å². The number of carboxylic acids is 1. The summed E-state index contributed by atoms with van der Waals surface area (Å²) in [5.74, 6) is -2.04. The van der Waals surface area contributed by atoms with E-state index in [1.54, 1.807) is 0 Å². The Morgan fingerprint density at radius 1 is 1.30 bits per heavy atom. The smallest absolute Gasteiger partial charge is 0.335 e. The number of nitro groups is 1. The number of hydrogen-bond donors (Lipinski definition) is 2. The minimum atomic E-state index is -1.50. The van der Waals surface area contributed by atoms with Crippen molar-refractivity contribution in [1.29, 1.82) is 0 Å². The van der Waals surface area contributed by atoms with Gasteiger partial charge in [-0.3, -0.25) is 14.9 Å². The molecule has 0 saturated heterocycles. The molecule has 1 aromatic rings. The molecule has 0 fully saturated rings.